The second kappa shape index (κ2) is 6.14. The van der Waals surface area contributed by atoms with Crippen LogP contribution in [-0.4, -0.2) is 12.6 Å². The molecule has 0 fully saturated rings. The third-order valence-corrected chi connectivity index (χ3v) is 2.47. The fourth-order valence-electron chi connectivity index (χ4n) is 1.42. The summed E-state index contributed by atoms with van der Waals surface area (Å²) in [4.78, 5) is 0. The number of hydrogen-bond acceptors (Lipinski definition) is 2. The summed E-state index contributed by atoms with van der Waals surface area (Å²) in [5.74, 6) is 0.642. The molecule has 0 amide bonds. The number of nitrogens with two attached hydrogens (primary N) is 1. The molecule has 0 aliphatic heterocycles. The first kappa shape index (κ1) is 13.4. The fraction of sp³-hybridized carbons (Fsp3) is 0.333. The van der Waals surface area contributed by atoms with Crippen LogP contribution in [0, 0.1) is 0 Å². The number of ether oxygens (including phenoxy) is 1. The maximum absolute atomic E-state index is 6.07. The van der Waals surface area contributed by atoms with Crippen LogP contribution in [0.4, 0.5) is 0 Å². The second-order valence-electron chi connectivity index (χ2n) is 3.66. The smallest absolute Gasteiger partial charge is 0.141 e. The van der Waals surface area contributed by atoms with E-state index in [4.69, 9.17) is 33.7 Å². The van der Waals surface area contributed by atoms with Gasteiger partial charge >= 0.3 is 0 Å². The lowest BCUT2D eigenvalue weighted by molar-refractivity contribution is 0.358. The molecule has 0 saturated carbocycles. The molecule has 0 radical (unpaired) electrons. The summed E-state index contributed by atoms with van der Waals surface area (Å²) in [5.41, 5.74) is 6.69. The monoisotopic (exact) mass is 259 g/mol. The summed E-state index contributed by atoms with van der Waals surface area (Å²) in [6, 6.07) is 3.52. The molecular formula is C12H15Cl2NO. The van der Waals surface area contributed by atoms with Crippen molar-refractivity contribution in [3.8, 4) is 5.75 Å². The molecule has 1 aromatic carbocycles. The van der Waals surface area contributed by atoms with Crippen LogP contribution in [0.1, 0.15) is 12.5 Å². The van der Waals surface area contributed by atoms with Crippen LogP contribution in [-0.2, 0) is 6.42 Å². The van der Waals surface area contributed by atoms with Gasteiger partial charge in [0.1, 0.15) is 12.4 Å². The van der Waals surface area contributed by atoms with Crippen LogP contribution in [0.5, 0.6) is 5.75 Å². The molecule has 0 saturated heterocycles. The maximum atomic E-state index is 6.07. The first-order valence-corrected chi connectivity index (χ1v) is 5.77. The van der Waals surface area contributed by atoms with Gasteiger partial charge in [0.25, 0.3) is 0 Å². The fourth-order valence-corrected chi connectivity index (χ4v) is 2.01. The highest BCUT2D eigenvalue weighted by Crippen LogP contribution is 2.33. The number of halogens is 2. The van der Waals surface area contributed by atoms with Gasteiger partial charge in [0, 0.05) is 11.1 Å². The van der Waals surface area contributed by atoms with Crippen molar-refractivity contribution in [2.75, 3.05) is 6.61 Å². The first-order valence-electron chi connectivity index (χ1n) is 5.01. The Labute approximate surface area is 106 Å². The van der Waals surface area contributed by atoms with Crippen molar-refractivity contribution in [1.29, 1.82) is 0 Å². The molecule has 0 heterocycles. The van der Waals surface area contributed by atoms with Crippen molar-refractivity contribution < 1.29 is 4.74 Å². The summed E-state index contributed by atoms with van der Waals surface area (Å²) < 4.78 is 5.51. The van der Waals surface area contributed by atoms with Crippen LogP contribution in [0.15, 0.2) is 24.8 Å². The zero-order valence-corrected chi connectivity index (χ0v) is 10.7. The van der Waals surface area contributed by atoms with E-state index in [9.17, 15) is 0 Å². The molecule has 2 nitrogen and oxygen atoms in total. The SMILES string of the molecule is C=CCOc1c(Cl)cc(Cl)cc1CC(C)N. The van der Waals surface area contributed by atoms with Gasteiger partial charge in [0.05, 0.1) is 5.02 Å². The Kier molecular flexibility index (Phi) is 5.13. The quantitative estimate of drug-likeness (QED) is 0.823. The zero-order valence-electron chi connectivity index (χ0n) is 9.17. The number of benzene rings is 1. The molecule has 0 aromatic heterocycles. The van der Waals surface area contributed by atoms with E-state index < -0.39 is 0 Å². The Morgan fingerprint density at radius 3 is 2.75 bits per heavy atom. The van der Waals surface area contributed by atoms with Gasteiger partial charge in [-0.25, -0.2) is 0 Å². The van der Waals surface area contributed by atoms with Crippen molar-refractivity contribution in [3.05, 3.63) is 40.4 Å². The largest absolute Gasteiger partial charge is 0.488 e. The third-order valence-electron chi connectivity index (χ3n) is 1.97. The van der Waals surface area contributed by atoms with Crippen LogP contribution >= 0.6 is 23.2 Å². The average molecular weight is 260 g/mol. The van der Waals surface area contributed by atoms with E-state index in [1.54, 1.807) is 12.1 Å². The normalized spacial score (nSPS) is 12.2. The average Bonchev–Trinajstić information content (AvgIpc) is 2.15. The molecule has 1 atom stereocenters. The van der Waals surface area contributed by atoms with Crippen molar-refractivity contribution in [2.45, 2.75) is 19.4 Å². The lowest BCUT2D eigenvalue weighted by Crippen LogP contribution is -2.18. The topological polar surface area (TPSA) is 35.2 Å². The van der Waals surface area contributed by atoms with Gasteiger partial charge in [-0.2, -0.15) is 0 Å². The number of hydrogen-bond donors (Lipinski definition) is 1. The highest BCUT2D eigenvalue weighted by atomic mass is 35.5. The van der Waals surface area contributed by atoms with E-state index in [1.165, 1.54) is 0 Å². The third kappa shape index (κ3) is 3.71. The van der Waals surface area contributed by atoms with Crippen LogP contribution < -0.4 is 10.5 Å². The molecule has 0 spiro atoms. The van der Waals surface area contributed by atoms with Crippen LogP contribution in [0.25, 0.3) is 0 Å². The van der Waals surface area contributed by atoms with Crippen molar-refractivity contribution in [2.24, 2.45) is 5.73 Å². The predicted molar refractivity (Wildman–Crippen MR) is 69.5 cm³/mol. The van der Waals surface area contributed by atoms with Crippen molar-refractivity contribution >= 4 is 23.2 Å². The van der Waals surface area contributed by atoms with Gasteiger partial charge in [-0.05, 0) is 31.0 Å². The highest BCUT2D eigenvalue weighted by molar-refractivity contribution is 6.35. The molecule has 1 rings (SSSR count). The molecule has 0 aliphatic carbocycles. The summed E-state index contributed by atoms with van der Waals surface area (Å²) in [6.45, 7) is 5.93. The van der Waals surface area contributed by atoms with Crippen LogP contribution in [0.3, 0.4) is 0 Å². The summed E-state index contributed by atoms with van der Waals surface area (Å²) >= 11 is 12.0. The standard InChI is InChI=1S/C12H15Cl2NO/c1-3-4-16-12-9(5-8(2)15)6-10(13)7-11(12)14/h3,6-8H,1,4-5,15H2,2H3. The Balaban J connectivity index is 3.04. The Hall–Kier alpha value is -0.700. The van der Waals surface area contributed by atoms with E-state index in [1.807, 2.05) is 13.0 Å². The minimum Gasteiger partial charge on any atom is -0.488 e. The minimum atomic E-state index is 0.0283. The van der Waals surface area contributed by atoms with Gasteiger partial charge in [-0.3, -0.25) is 0 Å². The highest BCUT2D eigenvalue weighted by Gasteiger charge is 2.11. The number of rotatable bonds is 5. The van der Waals surface area contributed by atoms with Gasteiger partial charge in [0.15, 0.2) is 0 Å². The Morgan fingerprint density at radius 1 is 1.50 bits per heavy atom. The molecule has 2 N–H and O–H groups in total. The lowest BCUT2D eigenvalue weighted by atomic mass is 10.1. The first-order chi connectivity index (χ1) is 7.54. The van der Waals surface area contributed by atoms with Gasteiger partial charge in [-0.1, -0.05) is 35.9 Å². The maximum Gasteiger partial charge on any atom is 0.141 e. The second-order valence-corrected chi connectivity index (χ2v) is 4.50. The Morgan fingerprint density at radius 2 is 2.19 bits per heavy atom. The van der Waals surface area contributed by atoms with Crippen LogP contribution in [0.2, 0.25) is 10.0 Å². The van der Waals surface area contributed by atoms with E-state index >= 15 is 0 Å². The van der Waals surface area contributed by atoms with E-state index in [-0.39, 0.29) is 6.04 Å². The molecule has 1 unspecified atom stereocenters. The molecule has 0 aliphatic rings. The van der Waals surface area contributed by atoms with E-state index in [0.29, 0.717) is 28.8 Å². The Bertz CT molecular complexity index is 378. The molecular weight excluding hydrogens is 245 g/mol. The molecule has 88 valence electrons. The van der Waals surface area contributed by atoms with Gasteiger partial charge in [0.2, 0.25) is 0 Å². The molecule has 0 bridgehead atoms. The molecule has 16 heavy (non-hydrogen) atoms. The summed E-state index contributed by atoms with van der Waals surface area (Å²) in [7, 11) is 0. The minimum absolute atomic E-state index is 0.0283. The van der Waals surface area contributed by atoms with E-state index in [2.05, 4.69) is 6.58 Å². The van der Waals surface area contributed by atoms with Gasteiger partial charge < -0.3 is 10.5 Å². The zero-order chi connectivity index (χ0) is 12.1. The predicted octanol–water partition coefficient (Wildman–Crippen LogP) is 3.45. The molecule has 4 heteroatoms. The van der Waals surface area contributed by atoms with Gasteiger partial charge in [-0.15, -0.1) is 0 Å². The van der Waals surface area contributed by atoms with Crippen molar-refractivity contribution in [1.82, 2.24) is 0 Å². The van der Waals surface area contributed by atoms with E-state index in [0.717, 1.165) is 5.56 Å². The lowest BCUT2D eigenvalue weighted by Gasteiger charge is -2.14. The summed E-state index contributed by atoms with van der Waals surface area (Å²) in [6.07, 6.45) is 2.34. The summed E-state index contributed by atoms with van der Waals surface area (Å²) in [5, 5.41) is 1.09. The van der Waals surface area contributed by atoms with Crippen molar-refractivity contribution in [3.63, 3.8) is 0 Å². The molecule has 1 aromatic rings.